The number of rotatable bonds is 6. The number of hydrogen-bond acceptors (Lipinski definition) is 4. The van der Waals surface area contributed by atoms with Crippen molar-refractivity contribution in [3.05, 3.63) is 54.1 Å². The molecule has 2 aromatic heterocycles. The van der Waals surface area contributed by atoms with Crippen LogP contribution < -0.4 is 11.1 Å². The van der Waals surface area contributed by atoms with Gasteiger partial charge < -0.3 is 11.1 Å². The fraction of sp³-hybridized carbons (Fsp3) is 0.368. The molecule has 0 radical (unpaired) electrons. The van der Waals surface area contributed by atoms with Crippen molar-refractivity contribution in [3.8, 4) is 0 Å². The molecule has 5 nitrogen and oxygen atoms in total. The summed E-state index contributed by atoms with van der Waals surface area (Å²) in [5.41, 5.74) is 9.99. The van der Waals surface area contributed by atoms with Crippen LogP contribution in [-0.4, -0.2) is 21.9 Å². The second-order valence-corrected chi connectivity index (χ2v) is 6.56. The van der Waals surface area contributed by atoms with Crippen molar-refractivity contribution in [2.45, 2.75) is 45.1 Å². The number of hydrogen-bond donors (Lipinski definition) is 2. The van der Waals surface area contributed by atoms with E-state index >= 15 is 0 Å². The fourth-order valence-electron chi connectivity index (χ4n) is 2.83. The number of nitrogens with one attached hydrogen (secondary N) is 1. The average molecular weight is 323 g/mol. The smallest absolute Gasteiger partial charge is 0.118 e. The molecule has 0 amide bonds. The molecule has 3 N–H and O–H groups in total. The van der Waals surface area contributed by atoms with Crippen molar-refractivity contribution in [3.63, 3.8) is 0 Å². The highest BCUT2D eigenvalue weighted by Gasteiger charge is 2.17. The molecule has 126 valence electrons. The Kier molecular flexibility index (Phi) is 4.69. The van der Waals surface area contributed by atoms with E-state index in [-0.39, 0.29) is 0 Å². The summed E-state index contributed by atoms with van der Waals surface area (Å²) in [5, 5.41) is 7.96. The van der Waals surface area contributed by atoms with Gasteiger partial charge in [-0.25, -0.2) is 9.51 Å². The van der Waals surface area contributed by atoms with Crippen molar-refractivity contribution < 1.29 is 0 Å². The maximum absolute atomic E-state index is 6.34. The lowest BCUT2D eigenvalue weighted by molar-refractivity contribution is 0.364. The number of fused-ring (bicyclic) bond motifs is 1. The molecule has 0 bridgehead atoms. The Labute approximate surface area is 143 Å². The first-order valence-corrected chi connectivity index (χ1v) is 8.49. The highest BCUT2D eigenvalue weighted by Crippen LogP contribution is 2.26. The van der Waals surface area contributed by atoms with Crippen molar-refractivity contribution in [1.29, 1.82) is 0 Å². The van der Waals surface area contributed by atoms with Gasteiger partial charge in [0.05, 0.1) is 11.2 Å². The second kappa shape index (κ2) is 6.91. The van der Waals surface area contributed by atoms with Crippen LogP contribution in [0.2, 0.25) is 0 Å². The standard InChI is InChI=1S/C19H25N5/c1-13(2)19-18(17-9-4-5-12-24(17)23-19)16(20)10-11-21-14(3)22-15-7-6-8-15/h4-5,9-13,15,22H,3,6-8,20H2,1-2H3/b16-10-,21-11-. The van der Waals surface area contributed by atoms with E-state index in [1.165, 1.54) is 19.3 Å². The van der Waals surface area contributed by atoms with Gasteiger partial charge in [-0.05, 0) is 43.4 Å². The summed E-state index contributed by atoms with van der Waals surface area (Å²) in [6.07, 6.45) is 9.16. The molecule has 1 saturated carbocycles. The SMILES string of the molecule is C=C(/N=C\C=C(/N)c1c(C(C)C)nn2ccccc12)NC1CCC1. The van der Waals surface area contributed by atoms with Crippen molar-refractivity contribution in [1.82, 2.24) is 14.9 Å². The first-order valence-electron chi connectivity index (χ1n) is 8.49. The minimum absolute atomic E-state index is 0.291. The van der Waals surface area contributed by atoms with Crippen LogP contribution >= 0.6 is 0 Å². The van der Waals surface area contributed by atoms with Crippen LogP contribution in [-0.2, 0) is 0 Å². The summed E-state index contributed by atoms with van der Waals surface area (Å²) < 4.78 is 1.87. The van der Waals surface area contributed by atoms with Gasteiger partial charge in [0, 0.05) is 29.7 Å². The molecule has 0 saturated heterocycles. The number of aliphatic imine (C=N–C) groups is 1. The van der Waals surface area contributed by atoms with E-state index < -0.39 is 0 Å². The molecule has 2 heterocycles. The van der Waals surface area contributed by atoms with E-state index in [1.54, 1.807) is 6.21 Å². The Morgan fingerprint density at radius 1 is 1.46 bits per heavy atom. The molecule has 0 spiro atoms. The Morgan fingerprint density at radius 2 is 2.25 bits per heavy atom. The molecular weight excluding hydrogens is 298 g/mol. The van der Waals surface area contributed by atoms with Crippen LogP contribution in [0.25, 0.3) is 11.2 Å². The molecule has 2 aromatic rings. The molecule has 5 heteroatoms. The van der Waals surface area contributed by atoms with Gasteiger partial charge in [-0.15, -0.1) is 0 Å². The van der Waals surface area contributed by atoms with Gasteiger partial charge >= 0.3 is 0 Å². The van der Waals surface area contributed by atoms with Crippen LogP contribution in [0.5, 0.6) is 0 Å². The quantitative estimate of drug-likeness (QED) is 0.800. The number of nitrogens with zero attached hydrogens (tertiary/aromatic N) is 3. The zero-order valence-corrected chi connectivity index (χ0v) is 14.4. The van der Waals surface area contributed by atoms with Gasteiger partial charge in [0.25, 0.3) is 0 Å². The largest absolute Gasteiger partial charge is 0.398 e. The van der Waals surface area contributed by atoms with Gasteiger partial charge in [0.15, 0.2) is 0 Å². The zero-order chi connectivity index (χ0) is 17.1. The molecule has 0 unspecified atom stereocenters. The molecule has 1 fully saturated rings. The number of pyridine rings is 1. The van der Waals surface area contributed by atoms with Crippen molar-refractivity contribution >= 4 is 17.4 Å². The Bertz CT molecular complexity index is 793. The molecule has 0 aliphatic heterocycles. The molecular formula is C19H25N5. The first-order chi connectivity index (χ1) is 11.6. The second-order valence-electron chi connectivity index (χ2n) is 6.56. The minimum Gasteiger partial charge on any atom is -0.398 e. The van der Waals surface area contributed by atoms with Crippen LogP contribution in [0.15, 0.2) is 47.9 Å². The maximum atomic E-state index is 6.34. The van der Waals surface area contributed by atoms with Gasteiger partial charge in [-0.2, -0.15) is 5.10 Å². The predicted molar refractivity (Wildman–Crippen MR) is 99.9 cm³/mol. The van der Waals surface area contributed by atoms with Crippen LogP contribution in [0.1, 0.15) is 50.3 Å². The summed E-state index contributed by atoms with van der Waals surface area (Å²) in [4.78, 5) is 4.34. The fourth-order valence-corrected chi connectivity index (χ4v) is 2.83. The highest BCUT2D eigenvalue weighted by atomic mass is 15.2. The van der Waals surface area contributed by atoms with Gasteiger partial charge in [-0.1, -0.05) is 26.5 Å². The maximum Gasteiger partial charge on any atom is 0.118 e. The lowest BCUT2D eigenvalue weighted by Gasteiger charge is -2.26. The summed E-state index contributed by atoms with van der Waals surface area (Å²) in [7, 11) is 0. The Morgan fingerprint density at radius 3 is 2.92 bits per heavy atom. The summed E-state index contributed by atoms with van der Waals surface area (Å²) in [5.74, 6) is 0.978. The summed E-state index contributed by atoms with van der Waals surface area (Å²) >= 11 is 0. The lowest BCUT2D eigenvalue weighted by Crippen LogP contribution is -2.33. The Balaban J connectivity index is 1.83. The topological polar surface area (TPSA) is 67.7 Å². The predicted octanol–water partition coefficient (Wildman–Crippen LogP) is 3.44. The molecule has 24 heavy (non-hydrogen) atoms. The number of nitrogens with two attached hydrogens (primary N) is 1. The number of allylic oxidation sites excluding steroid dienone is 1. The third-order valence-corrected chi connectivity index (χ3v) is 4.36. The van der Waals surface area contributed by atoms with E-state index in [4.69, 9.17) is 5.73 Å². The van der Waals surface area contributed by atoms with E-state index in [9.17, 15) is 0 Å². The van der Waals surface area contributed by atoms with E-state index in [0.29, 0.717) is 23.5 Å². The molecule has 1 aliphatic rings. The third-order valence-electron chi connectivity index (χ3n) is 4.36. The zero-order valence-electron chi connectivity index (χ0n) is 14.4. The highest BCUT2D eigenvalue weighted by molar-refractivity contribution is 5.89. The number of aromatic nitrogens is 2. The summed E-state index contributed by atoms with van der Waals surface area (Å²) in [6.45, 7) is 8.18. The molecule has 1 aliphatic carbocycles. The lowest BCUT2D eigenvalue weighted by atomic mass is 9.93. The van der Waals surface area contributed by atoms with E-state index in [1.807, 2.05) is 35.0 Å². The van der Waals surface area contributed by atoms with Gasteiger partial charge in [0.1, 0.15) is 5.82 Å². The van der Waals surface area contributed by atoms with Crippen molar-refractivity contribution in [2.75, 3.05) is 0 Å². The van der Waals surface area contributed by atoms with Gasteiger partial charge in [-0.3, -0.25) is 0 Å². The average Bonchev–Trinajstić information content (AvgIpc) is 2.90. The van der Waals surface area contributed by atoms with Crippen LogP contribution in [0, 0.1) is 0 Å². The third kappa shape index (κ3) is 3.35. The molecule has 0 atom stereocenters. The van der Waals surface area contributed by atoms with Gasteiger partial charge in [0.2, 0.25) is 0 Å². The Hall–Kier alpha value is -2.56. The molecule has 3 rings (SSSR count). The normalized spacial score (nSPS) is 16.0. The minimum atomic E-state index is 0.291. The van der Waals surface area contributed by atoms with E-state index in [0.717, 1.165) is 16.8 Å². The van der Waals surface area contributed by atoms with Crippen molar-refractivity contribution in [2.24, 2.45) is 10.7 Å². The summed E-state index contributed by atoms with van der Waals surface area (Å²) in [6, 6.07) is 6.52. The first kappa shape index (κ1) is 16.3. The van der Waals surface area contributed by atoms with Crippen LogP contribution in [0.3, 0.4) is 0 Å². The molecule has 0 aromatic carbocycles. The monoisotopic (exact) mass is 323 g/mol. The van der Waals surface area contributed by atoms with E-state index in [2.05, 4.69) is 35.8 Å². The van der Waals surface area contributed by atoms with Crippen LogP contribution in [0.4, 0.5) is 0 Å².